The molecule has 9 heteroatoms. The lowest BCUT2D eigenvalue weighted by Crippen LogP contribution is -1.86. The third-order valence-corrected chi connectivity index (χ3v) is 5.31. The summed E-state index contributed by atoms with van der Waals surface area (Å²) < 4.78 is 2.07. The van der Waals surface area contributed by atoms with Crippen LogP contribution in [0.1, 0.15) is 11.4 Å². The molecule has 116 valence electrons. The Balaban J connectivity index is 1.56. The lowest BCUT2D eigenvalue weighted by atomic mass is 10.3. The number of H-pyrrole nitrogens is 1. The number of thiazole rings is 1. The predicted octanol–water partition coefficient (Wildman–Crippen LogP) is 3.78. The van der Waals surface area contributed by atoms with E-state index in [2.05, 4.69) is 24.7 Å². The number of fused-ring (bicyclic) bond motifs is 2. The monoisotopic (exact) mass is 345 g/mol. The summed E-state index contributed by atoms with van der Waals surface area (Å²) in [7, 11) is 0. The van der Waals surface area contributed by atoms with E-state index in [4.69, 9.17) is 0 Å². The molecule has 0 atom stereocenters. The number of aromatic nitrogens is 4. The van der Waals surface area contributed by atoms with Crippen LogP contribution in [0.25, 0.3) is 16.0 Å². The zero-order valence-corrected chi connectivity index (χ0v) is 13.6. The fourth-order valence-electron chi connectivity index (χ4n) is 2.31. The summed E-state index contributed by atoms with van der Waals surface area (Å²) in [6.45, 7) is 2.05. The number of nitro benzene ring substituents is 1. The van der Waals surface area contributed by atoms with Crippen molar-refractivity contribution in [3.63, 3.8) is 0 Å². The molecule has 4 aromatic rings. The standard InChI is InChI=1S/C14H11N5O2S2/c1-8-6-23-14-15-9(5-18(8)14)7-22-13-16-11-3-2-10(19(20)21)4-12(11)17-13/h2-6H,7H2,1H3,(H,16,17). The minimum atomic E-state index is -0.409. The Labute approximate surface area is 138 Å². The molecule has 0 amide bonds. The summed E-state index contributed by atoms with van der Waals surface area (Å²) in [5.41, 5.74) is 3.60. The molecular formula is C14H11N5O2S2. The Morgan fingerprint density at radius 2 is 2.30 bits per heavy atom. The number of benzene rings is 1. The van der Waals surface area contributed by atoms with Gasteiger partial charge in [0, 0.05) is 35.2 Å². The van der Waals surface area contributed by atoms with Gasteiger partial charge in [0.05, 0.1) is 21.7 Å². The van der Waals surface area contributed by atoms with Crippen LogP contribution in [0.5, 0.6) is 0 Å². The first-order valence-electron chi connectivity index (χ1n) is 6.79. The van der Waals surface area contributed by atoms with Gasteiger partial charge >= 0.3 is 0 Å². The molecule has 1 aromatic carbocycles. The maximum Gasteiger partial charge on any atom is 0.271 e. The van der Waals surface area contributed by atoms with E-state index in [0.717, 1.165) is 21.3 Å². The van der Waals surface area contributed by atoms with Crippen LogP contribution < -0.4 is 0 Å². The molecular weight excluding hydrogens is 334 g/mol. The largest absolute Gasteiger partial charge is 0.333 e. The number of nitro groups is 1. The Hall–Kier alpha value is -2.39. The quantitative estimate of drug-likeness (QED) is 0.345. The van der Waals surface area contributed by atoms with Crippen LogP contribution in [-0.4, -0.2) is 24.3 Å². The third kappa shape index (κ3) is 2.57. The number of imidazole rings is 2. The number of nitrogens with one attached hydrogen (secondary N) is 1. The number of aryl methyl sites for hydroxylation is 1. The molecule has 23 heavy (non-hydrogen) atoms. The first-order chi connectivity index (χ1) is 11.1. The first kappa shape index (κ1) is 14.2. The summed E-state index contributed by atoms with van der Waals surface area (Å²) in [6, 6.07) is 4.62. The van der Waals surface area contributed by atoms with Gasteiger partial charge in [0.2, 0.25) is 0 Å². The predicted molar refractivity (Wildman–Crippen MR) is 90.1 cm³/mol. The van der Waals surface area contributed by atoms with Crippen LogP contribution in [0.4, 0.5) is 5.69 Å². The van der Waals surface area contributed by atoms with Gasteiger partial charge in [0.25, 0.3) is 5.69 Å². The maximum absolute atomic E-state index is 10.8. The smallest absolute Gasteiger partial charge is 0.271 e. The van der Waals surface area contributed by atoms with Crippen LogP contribution in [-0.2, 0) is 5.75 Å². The Bertz CT molecular complexity index is 1030. The van der Waals surface area contributed by atoms with Gasteiger partial charge in [-0.2, -0.15) is 0 Å². The normalized spacial score (nSPS) is 11.5. The molecule has 0 spiro atoms. The van der Waals surface area contributed by atoms with Crippen molar-refractivity contribution in [1.29, 1.82) is 0 Å². The average Bonchev–Trinajstić information content (AvgIpc) is 3.20. The maximum atomic E-state index is 10.8. The van der Waals surface area contributed by atoms with E-state index in [1.807, 2.05) is 13.1 Å². The molecule has 0 radical (unpaired) electrons. The Morgan fingerprint density at radius 1 is 1.43 bits per heavy atom. The summed E-state index contributed by atoms with van der Waals surface area (Å²) in [5.74, 6) is 0.690. The fraction of sp³-hybridized carbons (Fsp3) is 0.143. The van der Waals surface area contributed by atoms with E-state index in [0.29, 0.717) is 11.3 Å². The number of aromatic amines is 1. The lowest BCUT2D eigenvalue weighted by Gasteiger charge is -1.93. The first-order valence-corrected chi connectivity index (χ1v) is 8.66. The lowest BCUT2D eigenvalue weighted by molar-refractivity contribution is -0.384. The highest BCUT2D eigenvalue weighted by atomic mass is 32.2. The van der Waals surface area contributed by atoms with E-state index in [1.54, 1.807) is 17.4 Å². The van der Waals surface area contributed by atoms with Crippen molar-refractivity contribution < 1.29 is 4.92 Å². The Kier molecular flexibility index (Phi) is 3.31. The summed E-state index contributed by atoms with van der Waals surface area (Å²) in [4.78, 5) is 23.5. The molecule has 0 bridgehead atoms. The molecule has 0 aliphatic rings. The zero-order chi connectivity index (χ0) is 16.0. The minimum absolute atomic E-state index is 0.0579. The summed E-state index contributed by atoms with van der Waals surface area (Å²) in [6.07, 6.45) is 2.03. The minimum Gasteiger partial charge on any atom is -0.333 e. The van der Waals surface area contributed by atoms with Gasteiger partial charge in [-0.15, -0.1) is 11.3 Å². The van der Waals surface area contributed by atoms with Crippen molar-refractivity contribution in [2.75, 3.05) is 0 Å². The van der Waals surface area contributed by atoms with Crippen molar-refractivity contribution in [1.82, 2.24) is 19.4 Å². The molecule has 0 fully saturated rings. The van der Waals surface area contributed by atoms with Crippen LogP contribution in [0.3, 0.4) is 0 Å². The molecule has 0 unspecified atom stereocenters. The SMILES string of the molecule is Cc1csc2nc(CSc3nc4ccc([N+](=O)[O-])cc4[nH]3)cn12. The number of hydrogen-bond acceptors (Lipinski definition) is 6. The molecule has 0 aliphatic heterocycles. The van der Waals surface area contributed by atoms with E-state index < -0.39 is 4.92 Å². The van der Waals surface area contributed by atoms with Crippen LogP contribution in [0.15, 0.2) is 34.9 Å². The van der Waals surface area contributed by atoms with Crippen molar-refractivity contribution in [2.24, 2.45) is 0 Å². The highest BCUT2D eigenvalue weighted by molar-refractivity contribution is 7.98. The number of thioether (sulfide) groups is 1. The molecule has 4 rings (SSSR count). The number of rotatable bonds is 4. The molecule has 3 heterocycles. The summed E-state index contributed by atoms with van der Waals surface area (Å²) >= 11 is 3.15. The van der Waals surface area contributed by atoms with Gasteiger partial charge in [-0.25, -0.2) is 9.97 Å². The number of hydrogen-bond donors (Lipinski definition) is 1. The highest BCUT2D eigenvalue weighted by Crippen LogP contribution is 2.26. The van der Waals surface area contributed by atoms with Gasteiger partial charge in [-0.3, -0.25) is 14.5 Å². The van der Waals surface area contributed by atoms with Crippen LogP contribution >= 0.6 is 23.1 Å². The van der Waals surface area contributed by atoms with Gasteiger partial charge in [0.15, 0.2) is 10.1 Å². The second-order valence-corrected chi connectivity index (χ2v) is 6.85. The van der Waals surface area contributed by atoms with E-state index in [9.17, 15) is 10.1 Å². The second-order valence-electron chi connectivity index (χ2n) is 5.05. The van der Waals surface area contributed by atoms with Crippen molar-refractivity contribution >= 4 is 44.8 Å². The van der Waals surface area contributed by atoms with Gasteiger partial charge in [-0.05, 0) is 13.0 Å². The van der Waals surface area contributed by atoms with Crippen molar-refractivity contribution in [3.8, 4) is 0 Å². The topological polar surface area (TPSA) is 89.1 Å². The van der Waals surface area contributed by atoms with Crippen molar-refractivity contribution in [2.45, 2.75) is 17.8 Å². The van der Waals surface area contributed by atoms with E-state index in [-0.39, 0.29) is 5.69 Å². The fourth-order valence-corrected chi connectivity index (χ4v) is 3.95. The molecule has 7 nitrogen and oxygen atoms in total. The van der Waals surface area contributed by atoms with Gasteiger partial charge < -0.3 is 4.98 Å². The van der Waals surface area contributed by atoms with Crippen molar-refractivity contribution in [3.05, 3.63) is 51.3 Å². The third-order valence-electron chi connectivity index (χ3n) is 3.45. The van der Waals surface area contributed by atoms with E-state index in [1.165, 1.54) is 29.6 Å². The molecule has 1 N–H and O–H groups in total. The number of nitrogens with zero attached hydrogens (tertiary/aromatic N) is 4. The van der Waals surface area contributed by atoms with E-state index >= 15 is 0 Å². The number of non-ortho nitro benzene ring substituents is 1. The average molecular weight is 345 g/mol. The van der Waals surface area contributed by atoms with Crippen LogP contribution in [0.2, 0.25) is 0 Å². The molecule has 0 aliphatic carbocycles. The van der Waals surface area contributed by atoms with Gasteiger partial charge in [0.1, 0.15) is 0 Å². The summed E-state index contributed by atoms with van der Waals surface area (Å²) in [5, 5.41) is 13.6. The highest BCUT2D eigenvalue weighted by Gasteiger charge is 2.11. The van der Waals surface area contributed by atoms with Crippen LogP contribution in [0, 0.1) is 17.0 Å². The molecule has 0 saturated heterocycles. The second kappa shape index (κ2) is 5.36. The van der Waals surface area contributed by atoms with Gasteiger partial charge in [-0.1, -0.05) is 11.8 Å². The Morgan fingerprint density at radius 3 is 3.09 bits per heavy atom. The molecule has 0 saturated carbocycles. The molecule has 3 aromatic heterocycles. The zero-order valence-electron chi connectivity index (χ0n) is 12.0.